The highest BCUT2D eigenvalue weighted by atomic mass is 32.1. The van der Waals surface area contributed by atoms with E-state index in [-0.39, 0.29) is 0 Å². The van der Waals surface area contributed by atoms with E-state index in [1.54, 1.807) is 0 Å². The van der Waals surface area contributed by atoms with Crippen molar-refractivity contribution in [2.75, 3.05) is 40.3 Å². The molecule has 1 saturated heterocycles. The highest BCUT2D eigenvalue weighted by Gasteiger charge is 2.24. The molecule has 1 aromatic heterocycles. The van der Waals surface area contributed by atoms with Gasteiger partial charge in [0.1, 0.15) is 0 Å². The van der Waals surface area contributed by atoms with E-state index in [1.807, 2.05) is 11.3 Å². The lowest BCUT2D eigenvalue weighted by Gasteiger charge is -2.28. The third-order valence-corrected chi connectivity index (χ3v) is 4.98. The molecule has 2 atom stereocenters. The van der Waals surface area contributed by atoms with E-state index in [4.69, 9.17) is 5.73 Å². The van der Waals surface area contributed by atoms with Crippen LogP contribution in [0.1, 0.15) is 22.2 Å². The van der Waals surface area contributed by atoms with Gasteiger partial charge in [-0.3, -0.25) is 4.90 Å². The van der Waals surface area contributed by atoms with Crippen molar-refractivity contribution in [2.45, 2.75) is 19.4 Å². The minimum absolute atomic E-state index is 0.384. The Bertz CT molecular complexity index is 377. The Balaban J connectivity index is 1.95. The lowest BCUT2D eigenvalue weighted by atomic mass is 10.1. The minimum atomic E-state index is 0.384. The third kappa shape index (κ3) is 3.32. The van der Waals surface area contributed by atoms with Crippen LogP contribution >= 0.6 is 11.3 Å². The van der Waals surface area contributed by atoms with Gasteiger partial charge in [0.25, 0.3) is 0 Å². The monoisotopic (exact) mass is 267 g/mol. The van der Waals surface area contributed by atoms with Gasteiger partial charge in [-0.1, -0.05) is 0 Å². The number of likely N-dealkylation sites (N-methyl/N-ethyl adjacent to an activating group) is 1. The van der Waals surface area contributed by atoms with Crippen LogP contribution in [0.25, 0.3) is 0 Å². The Hall–Kier alpha value is -0.420. The molecule has 0 amide bonds. The average Bonchev–Trinajstić information content (AvgIpc) is 2.89. The molecule has 18 heavy (non-hydrogen) atoms. The van der Waals surface area contributed by atoms with E-state index in [0.29, 0.717) is 12.6 Å². The topological polar surface area (TPSA) is 32.5 Å². The summed E-state index contributed by atoms with van der Waals surface area (Å²) < 4.78 is 0. The van der Waals surface area contributed by atoms with E-state index < -0.39 is 0 Å². The molecule has 1 fully saturated rings. The zero-order valence-corrected chi connectivity index (χ0v) is 12.5. The van der Waals surface area contributed by atoms with Crippen molar-refractivity contribution in [3.63, 3.8) is 0 Å². The summed E-state index contributed by atoms with van der Waals surface area (Å²) in [5.41, 5.74) is 5.97. The molecule has 1 aliphatic rings. The molecule has 0 radical (unpaired) electrons. The number of likely N-dealkylation sites (tertiary alicyclic amines) is 1. The van der Waals surface area contributed by atoms with Gasteiger partial charge in [0.15, 0.2) is 0 Å². The highest BCUT2D eigenvalue weighted by Crippen LogP contribution is 2.27. The van der Waals surface area contributed by atoms with Gasteiger partial charge in [0.2, 0.25) is 0 Å². The molecular weight excluding hydrogens is 242 g/mol. The SMILES string of the molecule is Cc1ccc(C(CN)N(C)CC2CCN(C)C2)s1. The van der Waals surface area contributed by atoms with Crippen LogP contribution in [0, 0.1) is 12.8 Å². The molecule has 0 spiro atoms. The summed E-state index contributed by atoms with van der Waals surface area (Å²) in [6.45, 7) is 6.49. The summed E-state index contributed by atoms with van der Waals surface area (Å²) in [7, 11) is 4.42. The maximum atomic E-state index is 5.97. The Morgan fingerprint density at radius 2 is 2.33 bits per heavy atom. The predicted molar refractivity (Wildman–Crippen MR) is 79.1 cm³/mol. The molecule has 3 nitrogen and oxygen atoms in total. The fourth-order valence-electron chi connectivity index (χ4n) is 2.86. The second-order valence-corrected chi connectivity index (χ2v) is 6.88. The molecular formula is C14H25N3S. The fourth-order valence-corrected chi connectivity index (χ4v) is 3.91. The van der Waals surface area contributed by atoms with Crippen LogP contribution < -0.4 is 5.73 Å². The molecule has 2 N–H and O–H groups in total. The van der Waals surface area contributed by atoms with Gasteiger partial charge < -0.3 is 10.6 Å². The summed E-state index contributed by atoms with van der Waals surface area (Å²) in [4.78, 5) is 7.64. The minimum Gasteiger partial charge on any atom is -0.329 e. The van der Waals surface area contributed by atoms with Crippen LogP contribution in [0.4, 0.5) is 0 Å². The highest BCUT2D eigenvalue weighted by molar-refractivity contribution is 7.12. The number of aryl methyl sites for hydroxylation is 1. The van der Waals surface area contributed by atoms with Crippen LogP contribution in [0.5, 0.6) is 0 Å². The maximum Gasteiger partial charge on any atom is 0.0562 e. The molecule has 102 valence electrons. The average molecular weight is 267 g/mol. The zero-order valence-electron chi connectivity index (χ0n) is 11.7. The molecule has 0 bridgehead atoms. The van der Waals surface area contributed by atoms with Gasteiger partial charge in [0.05, 0.1) is 6.04 Å². The first-order valence-corrected chi connectivity index (χ1v) is 7.57. The molecule has 1 aromatic rings. The normalized spacial score (nSPS) is 22.8. The fraction of sp³-hybridized carbons (Fsp3) is 0.714. The molecule has 4 heteroatoms. The van der Waals surface area contributed by atoms with Crippen molar-refractivity contribution in [1.29, 1.82) is 0 Å². The maximum absolute atomic E-state index is 5.97. The molecule has 2 unspecified atom stereocenters. The quantitative estimate of drug-likeness (QED) is 0.885. The van der Waals surface area contributed by atoms with Crippen molar-refractivity contribution in [3.05, 3.63) is 21.9 Å². The summed E-state index contributed by atoms with van der Waals surface area (Å²) in [5.74, 6) is 0.801. The number of hydrogen-bond donors (Lipinski definition) is 1. The van der Waals surface area contributed by atoms with Crippen LogP contribution in [0.2, 0.25) is 0 Å². The van der Waals surface area contributed by atoms with Crippen molar-refractivity contribution in [3.8, 4) is 0 Å². The third-order valence-electron chi connectivity index (χ3n) is 3.88. The van der Waals surface area contributed by atoms with Crippen molar-refractivity contribution < 1.29 is 0 Å². The first kappa shape index (κ1) is 14.0. The standard InChI is InChI=1S/C14H25N3S/c1-11-4-5-14(18-11)13(8-15)17(3)10-12-6-7-16(2)9-12/h4-5,12-13H,6-10,15H2,1-3H3. The lowest BCUT2D eigenvalue weighted by Crippen LogP contribution is -2.34. The van der Waals surface area contributed by atoms with E-state index in [9.17, 15) is 0 Å². The molecule has 1 aliphatic heterocycles. The van der Waals surface area contributed by atoms with Crippen molar-refractivity contribution in [2.24, 2.45) is 11.7 Å². The number of rotatable bonds is 5. The van der Waals surface area contributed by atoms with Crippen LogP contribution in [0.3, 0.4) is 0 Å². The smallest absolute Gasteiger partial charge is 0.0562 e. The van der Waals surface area contributed by atoms with E-state index in [0.717, 1.165) is 12.5 Å². The predicted octanol–water partition coefficient (Wildman–Crippen LogP) is 1.94. The largest absolute Gasteiger partial charge is 0.329 e. The second-order valence-electron chi connectivity index (χ2n) is 5.56. The Labute approximate surface area is 115 Å². The molecule has 2 heterocycles. The molecule has 0 aliphatic carbocycles. The first-order valence-electron chi connectivity index (χ1n) is 6.75. The van der Waals surface area contributed by atoms with E-state index in [1.165, 1.54) is 29.3 Å². The van der Waals surface area contributed by atoms with Crippen LogP contribution in [-0.2, 0) is 0 Å². The van der Waals surface area contributed by atoms with Crippen molar-refractivity contribution in [1.82, 2.24) is 9.80 Å². The first-order chi connectivity index (χ1) is 8.60. The van der Waals surface area contributed by atoms with Crippen molar-refractivity contribution >= 4 is 11.3 Å². The Morgan fingerprint density at radius 1 is 1.56 bits per heavy atom. The van der Waals surface area contributed by atoms with Gasteiger partial charge in [-0.05, 0) is 52.0 Å². The summed E-state index contributed by atoms with van der Waals surface area (Å²) in [6, 6.07) is 4.81. The Kier molecular flexibility index (Phi) is 4.78. The number of nitrogens with zero attached hydrogens (tertiary/aromatic N) is 2. The number of hydrogen-bond acceptors (Lipinski definition) is 4. The van der Waals surface area contributed by atoms with Gasteiger partial charge in [-0.15, -0.1) is 11.3 Å². The molecule has 0 aromatic carbocycles. The number of thiophene rings is 1. The lowest BCUT2D eigenvalue weighted by molar-refractivity contribution is 0.214. The van der Waals surface area contributed by atoms with E-state index >= 15 is 0 Å². The summed E-state index contributed by atoms with van der Waals surface area (Å²) in [5, 5.41) is 0. The summed E-state index contributed by atoms with van der Waals surface area (Å²) in [6.07, 6.45) is 1.32. The van der Waals surface area contributed by atoms with Gasteiger partial charge in [-0.25, -0.2) is 0 Å². The van der Waals surface area contributed by atoms with Gasteiger partial charge in [-0.2, -0.15) is 0 Å². The van der Waals surface area contributed by atoms with E-state index in [2.05, 4.69) is 43.0 Å². The van der Waals surface area contributed by atoms with Gasteiger partial charge in [0, 0.05) is 29.4 Å². The van der Waals surface area contributed by atoms with Crippen LogP contribution in [-0.4, -0.2) is 50.1 Å². The Morgan fingerprint density at radius 3 is 2.83 bits per heavy atom. The number of nitrogens with two attached hydrogens (primary N) is 1. The van der Waals surface area contributed by atoms with Crippen LogP contribution in [0.15, 0.2) is 12.1 Å². The summed E-state index contributed by atoms with van der Waals surface area (Å²) >= 11 is 1.88. The molecule has 2 rings (SSSR count). The zero-order chi connectivity index (χ0) is 13.1. The molecule has 0 saturated carbocycles. The second kappa shape index (κ2) is 6.15. The van der Waals surface area contributed by atoms with Gasteiger partial charge >= 0.3 is 0 Å².